The van der Waals surface area contributed by atoms with Gasteiger partial charge >= 0.3 is 6.18 Å². The Morgan fingerprint density at radius 1 is 0.929 bits per heavy atom. The summed E-state index contributed by atoms with van der Waals surface area (Å²) in [5.74, 6) is 0. The average Bonchev–Trinajstić information content (AvgIpc) is 2.72. The molecular formula is C23H16F3N2. The standard InChI is InChI=1S/C23H16F3N2/c24-23(25,26)18-11-12-19(21-13-10-17-8-4-5-9-20(17)28-21)22(14-18)27-15-16-6-2-1-3-7-16/h1-4,6-14,27H,15H2. The summed E-state index contributed by atoms with van der Waals surface area (Å²) in [5.41, 5.74) is 2.65. The molecule has 28 heavy (non-hydrogen) atoms. The van der Waals surface area contributed by atoms with Crippen LogP contribution in [0.1, 0.15) is 11.1 Å². The molecule has 0 aliphatic heterocycles. The van der Waals surface area contributed by atoms with Crippen molar-refractivity contribution in [3.8, 4) is 11.3 Å². The van der Waals surface area contributed by atoms with Crippen LogP contribution in [0.15, 0.2) is 78.9 Å². The van der Waals surface area contributed by atoms with Gasteiger partial charge in [0.25, 0.3) is 0 Å². The molecule has 0 saturated heterocycles. The summed E-state index contributed by atoms with van der Waals surface area (Å²) in [7, 11) is 0. The van der Waals surface area contributed by atoms with Gasteiger partial charge in [0, 0.05) is 23.2 Å². The first-order valence-electron chi connectivity index (χ1n) is 8.77. The number of halogens is 3. The lowest BCUT2D eigenvalue weighted by Gasteiger charge is -2.15. The predicted octanol–water partition coefficient (Wildman–Crippen LogP) is 6.33. The minimum atomic E-state index is -4.41. The maximum atomic E-state index is 13.2. The van der Waals surface area contributed by atoms with Gasteiger partial charge in [-0.3, -0.25) is 0 Å². The van der Waals surface area contributed by atoms with Gasteiger partial charge < -0.3 is 5.32 Å². The van der Waals surface area contributed by atoms with E-state index in [2.05, 4.69) is 16.4 Å². The second-order valence-corrected chi connectivity index (χ2v) is 6.41. The van der Waals surface area contributed by atoms with Crippen LogP contribution in [-0.2, 0) is 12.7 Å². The third kappa shape index (κ3) is 3.83. The van der Waals surface area contributed by atoms with Crippen molar-refractivity contribution >= 4 is 16.6 Å². The predicted molar refractivity (Wildman–Crippen MR) is 105 cm³/mol. The Morgan fingerprint density at radius 2 is 1.75 bits per heavy atom. The fraction of sp³-hybridized carbons (Fsp3) is 0.0870. The smallest absolute Gasteiger partial charge is 0.380 e. The first-order chi connectivity index (χ1) is 13.5. The largest absolute Gasteiger partial charge is 0.416 e. The highest BCUT2D eigenvalue weighted by molar-refractivity contribution is 5.84. The van der Waals surface area contributed by atoms with Crippen molar-refractivity contribution in [2.45, 2.75) is 12.7 Å². The fourth-order valence-electron chi connectivity index (χ4n) is 3.04. The molecule has 0 saturated carbocycles. The van der Waals surface area contributed by atoms with Crippen LogP contribution < -0.4 is 5.32 Å². The number of benzene rings is 3. The SMILES string of the molecule is FC(F)(F)c1ccc(-c2ccc3cc[c]cc3n2)c(NCc2ccccc2)c1. The third-order valence-electron chi connectivity index (χ3n) is 4.49. The van der Waals surface area contributed by atoms with Gasteiger partial charge in [0.2, 0.25) is 0 Å². The number of rotatable bonds is 4. The molecule has 0 unspecified atom stereocenters. The molecule has 4 aromatic rings. The van der Waals surface area contributed by atoms with E-state index in [0.717, 1.165) is 28.6 Å². The van der Waals surface area contributed by atoms with Gasteiger partial charge in [0.15, 0.2) is 0 Å². The molecule has 3 aromatic carbocycles. The van der Waals surface area contributed by atoms with Crippen LogP contribution in [0, 0.1) is 6.07 Å². The lowest BCUT2D eigenvalue weighted by atomic mass is 10.0. The molecule has 5 heteroatoms. The summed E-state index contributed by atoms with van der Waals surface area (Å²) < 4.78 is 39.7. The molecule has 2 nitrogen and oxygen atoms in total. The molecule has 1 aromatic heterocycles. The van der Waals surface area contributed by atoms with Crippen LogP contribution in [0.3, 0.4) is 0 Å². The Kier molecular flexibility index (Phi) is 4.74. The van der Waals surface area contributed by atoms with Gasteiger partial charge in [-0.25, -0.2) is 4.98 Å². The first kappa shape index (κ1) is 18.0. The number of hydrogen-bond acceptors (Lipinski definition) is 2. The quantitative estimate of drug-likeness (QED) is 0.449. The Morgan fingerprint density at radius 3 is 2.54 bits per heavy atom. The van der Waals surface area contributed by atoms with E-state index in [9.17, 15) is 13.2 Å². The van der Waals surface area contributed by atoms with E-state index in [0.29, 0.717) is 23.5 Å². The first-order valence-corrected chi connectivity index (χ1v) is 8.77. The van der Waals surface area contributed by atoms with Gasteiger partial charge in [-0.15, -0.1) is 0 Å². The highest BCUT2D eigenvalue weighted by Crippen LogP contribution is 2.36. The number of alkyl halides is 3. The Bertz CT molecular complexity index is 1110. The summed E-state index contributed by atoms with van der Waals surface area (Å²) >= 11 is 0. The van der Waals surface area contributed by atoms with Crippen LogP contribution >= 0.6 is 0 Å². The zero-order valence-corrected chi connectivity index (χ0v) is 14.8. The second kappa shape index (κ2) is 7.35. The van der Waals surface area contributed by atoms with Crippen molar-refractivity contribution in [2.75, 3.05) is 5.32 Å². The number of anilines is 1. The molecule has 0 atom stereocenters. The molecule has 139 valence electrons. The minimum absolute atomic E-state index is 0.394. The molecule has 1 N–H and O–H groups in total. The van der Waals surface area contributed by atoms with Crippen LogP contribution in [0.4, 0.5) is 18.9 Å². The second-order valence-electron chi connectivity index (χ2n) is 6.41. The van der Waals surface area contributed by atoms with Gasteiger partial charge in [-0.05, 0) is 35.9 Å². The highest BCUT2D eigenvalue weighted by atomic mass is 19.4. The van der Waals surface area contributed by atoms with Crippen molar-refractivity contribution in [1.82, 2.24) is 4.98 Å². The van der Waals surface area contributed by atoms with E-state index in [1.807, 2.05) is 48.5 Å². The molecular weight excluding hydrogens is 361 g/mol. The van der Waals surface area contributed by atoms with Crippen LogP contribution in [0.5, 0.6) is 0 Å². The lowest BCUT2D eigenvalue weighted by molar-refractivity contribution is -0.137. The molecule has 4 rings (SSSR count). The molecule has 0 spiro atoms. The normalized spacial score (nSPS) is 11.5. The summed E-state index contributed by atoms with van der Waals surface area (Å²) in [6, 6.07) is 25.4. The van der Waals surface area contributed by atoms with Crippen molar-refractivity contribution in [2.24, 2.45) is 0 Å². The van der Waals surface area contributed by atoms with Crippen molar-refractivity contribution in [1.29, 1.82) is 0 Å². The highest BCUT2D eigenvalue weighted by Gasteiger charge is 2.31. The van der Waals surface area contributed by atoms with E-state index in [4.69, 9.17) is 0 Å². The number of fused-ring (bicyclic) bond motifs is 1. The van der Waals surface area contributed by atoms with E-state index in [1.165, 1.54) is 6.07 Å². The van der Waals surface area contributed by atoms with Gasteiger partial charge in [0.05, 0.1) is 16.8 Å². The Balaban J connectivity index is 1.76. The maximum absolute atomic E-state index is 13.2. The van der Waals surface area contributed by atoms with E-state index < -0.39 is 11.7 Å². The van der Waals surface area contributed by atoms with Crippen molar-refractivity contribution in [3.63, 3.8) is 0 Å². The number of nitrogens with zero attached hydrogens (tertiary/aromatic N) is 1. The summed E-state index contributed by atoms with van der Waals surface area (Å²) in [4.78, 5) is 4.60. The van der Waals surface area contributed by atoms with Gasteiger partial charge in [0.1, 0.15) is 0 Å². The Hall–Kier alpha value is -3.34. The van der Waals surface area contributed by atoms with E-state index in [1.54, 1.807) is 12.1 Å². The van der Waals surface area contributed by atoms with Crippen molar-refractivity contribution < 1.29 is 13.2 Å². The molecule has 1 heterocycles. The lowest BCUT2D eigenvalue weighted by Crippen LogP contribution is -2.08. The summed E-state index contributed by atoms with van der Waals surface area (Å²) in [5, 5.41) is 4.09. The molecule has 0 fully saturated rings. The maximum Gasteiger partial charge on any atom is 0.416 e. The van der Waals surface area contributed by atoms with Crippen LogP contribution in [0.2, 0.25) is 0 Å². The zero-order chi connectivity index (χ0) is 19.6. The molecule has 0 aliphatic carbocycles. The Labute approximate surface area is 160 Å². The minimum Gasteiger partial charge on any atom is -0.380 e. The zero-order valence-electron chi connectivity index (χ0n) is 14.8. The molecule has 0 aliphatic rings. The van der Waals surface area contributed by atoms with Crippen molar-refractivity contribution in [3.05, 3.63) is 96.1 Å². The molecule has 0 bridgehead atoms. The van der Waals surface area contributed by atoms with E-state index >= 15 is 0 Å². The van der Waals surface area contributed by atoms with Crippen LogP contribution in [-0.4, -0.2) is 4.98 Å². The summed E-state index contributed by atoms with van der Waals surface area (Å²) in [6.07, 6.45) is -4.41. The third-order valence-corrected chi connectivity index (χ3v) is 4.49. The number of aromatic nitrogens is 1. The number of hydrogen-bond donors (Lipinski definition) is 1. The molecule has 1 radical (unpaired) electrons. The average molecular weight is 377 g/mol. The molecule has 0 amide bonds. The van der Waals surface area contributed by atoms with Crippen LogP contribution in [0.25, 0.3) is 22.2 Å². The monoisotopic (exact) mass is 377 g/mol. The summed E-state index contributed by atoms with van der Waals surface area (Å²) in [6.45, 7) is 0.413. The van der Waals surface area contributed by atoms with E-state index in [-0.39, 0.29) is 0 Å². The number of pyridine rings is 1. The van der Waals surface area contributed by atoms with Gasteiger partial charge in [-0.2, -0.15) is 13.2 Å². The van der Waals surface area contributed by atoms with Gasteiger partial charge in [-0.1, -0.05) is 54.6 Å². The fourth-order valence-corrected chi connectivity index (χ4v) is 3.04. The topological polar surface area (TPSA) is 24.9 Å². The number of nitrogens with one attached hydrogen (secondary N) is 1.